The minimum atomic E-state index is -0.480. The Labute approximate surface area is 197 Å². The summed E-state index contributed by atoms with van der Waals surface area (Å²) in [5.74, 6) is 0.182. The Kier molecular flexibility index (Phi) is 7.15. The van der Waals surface area contributed by atoms with E-state index in [-0.39, 0.29) is 17.4 Å². The van der Waals surface area contributed by atoms with Crippen LogP contribution in [0.5, 0.6) is 0 Å². The molecule has 4 rings (SSSR count). The van der Waals surface area contributed by atoms with Gasteiger partial charge in [-0.25, -0.2) is 0 Å². The van der Waals surface area contributed by atoms with Gasteiger partial charge in [0.1, 0.15) is 6.10 Å². The molecule has 0 N–H and O–H groups in total. The molecule has 2 fully saturated rings. The van der Waals surface area contributed by atoms with Gasteiger partial charge < -0.3 is 19.4 Å². The maximum Gasteiger partial charge on any atom is 0.253 e. The monoisotopic (exact) mass is 449 g/mol. The van der Waals surface area contributed by atoms with Gasteiger partial charge >= 0.3 is 0 Å². The number of piperidine rings is 1. The molecule has 1 spiro atoms. The Morgan fingerprint density at radius 3 is 2.42 bits per heavy atom. The number of rotatable bonds is 5. The standard InChI is InChI=1S/C27H35N3O3/c1-21-9-7-8-12-23(21)17-25(31)30-15-13-27(14-16-30)20-28(2)19-24(33-27)26(32)29(3)18-22-10-5-4-6-11-22/h4-12,24H,13-20H2,1-3H3. The highest BCUT2D eigenvalue weighted by Crippen LogP contribution is 2.33. The average Bonchev–Trinajstić information content (AvgIpc) is 2.80. The summed E-state index contributed by atoms with van der Waals surface area (Å²) in [5, 5.41) is 0. The third-order valence-corrected chi connectivity index (χ3v) is 6.97. The van der Waals surface area contributed by atoms with Crippen LogP contribution in [0.15, 0.2) is 54.6 Å². The molecule has 2 aliphatic heterocycles. The summed E-state index contributed by atoms with van der Waals surface area (Å²) >= 11 is 0. The number of amides is 2. The zero-order valence-corrected chi connectivity index (χ0v) is 20.0. The van der Waals surface area contributed by atoms with Crippen LogP contribution in [0.2, 0.25) is 0 Å². The quantitative estimate of drug-likeness (QED) is 0.705. The van der Waals surface area contributed by atoms with Crippen molar-refractivity contribution in [2.75, 3.05) is 40.3 Å². The van der Waals surface area contributed by atoms with E-state index < -0.39 is 6.10 Å². The van der Waals surface area contributed by atoms with E-state index in [0.29, 0.717) is 32.6 Å². The second kappa shape index (κ2) is 10.1. The van der Waals surface area contributed by atoms with Crippen molar-refractivity contribution in [1.82, 2.24) is 14.7 Å². The lowest BCUT2D eigenvalue weighted by Crippen LogP contribution is -2.62. The fourth-order valence-electron chi connectivity index (χ4n) is 5.05. The third kappa shape index (κ3) is 5.63. The van der Waals surface area contributed by atoms with E-state index in [0.717, 1.165) is 36.1 Å². The lowest BCUT2D eigenvalue weighted by molar-refractivity contribution is -0.189. The topological polar surface area (TPSA) is 53.1 Å². The van der Waals surface area contributed by atoms with Crippen LogP contribution < -0.4 is 0 Å². The van der Waals surface area contributed by atoms with E-state index in [1.165, 1.54) is 0 Å². The molecule has 2 amide bonds. The van der Waals surface area contributed by atoms with Crippen molar-refractivity contribution in [3.63, 3.8) is 0 Å². The molecule has 176 valence electrons. The zero-order valence-electron chi connectivity index (χ0n) is 20.0. The first-order valence-corrected chi connectivity index (χ1v) is 11.8. The number of likely N-dealkylation sites (N-methyl/N-ethyl adjacent to an activating group) is 2. The Morgan fingerprint density at radius 1 is 1.06 bits per heavy atom. The van der Waals surface area contributed by atoms with Crippen LogP contribution in [0.4, 0.5) is 0 Å². The van der Waals surface area contributed by atoms with Crippen LogP contribution in [0.25, 0.3) is 0 Å². The van der Waals surface area contributed by atoms with Crippen LogP contribution in [-0.4, -0.2) is 78.5 Å². The highest BCUT2D eigenvalue weighted by Gasteiger charge is 2.45. The molecule has 2 aromatic rings. The van der Waals surface area contributed by atoms with Gasteiger partial charge in [-0.3, -0.25) is 9.59 Å². The summed E-state index contributed by atoms with van der Waals surface area (Å²) < 4.78 is 6.50. The molecule has 33 heavy (non-hydrogen) atoms. The Hall–Kier alpha value is -2.70. The van der Waals surface area contributed by atoms with Crippen LogP contribution in [-0.2, 0) is 27.3 Å². The second-order valence-electron chi connectivity index (χ2n) is 9.65. The molecular formula is C27H35N3O3. The van der Waals surface area contributed by atoms with E-state index in [9.17, 15) is 9.59 Å². The number of nitrogens with zero attached hydrogens (tertiary/aromatic N) is 3. The van der Waals surface area contributed by atoms with Gasteiger partial charge in [0.25, 0.3) is 5.91 Å². The van der Waals surface area contributed by atoms with Gasteiger partial charge in [0, 0.05) is 39.8 Å². The Morgan fingerprint density at radius 2 is 1.73 bits per heavy atom. The Bertz CT molecular complexity index is 970. The first-order valence-electron chi connectivity index (χ1n) is 11.8. The second-order valence-corrected chi connectivity index (χ2v) is 9.65. The number of carbonyl (C=O) groups excluding carboxylic acids is 2. The highest BCUT2D eigenvalue weighted by molar-refractivity contribution is 5.81. The summed E-state index contributed by atoms with van der Waals surface area (Å²) in [6.07, 6.45) is 1.46. The first kappa shape index (κ1) is 23.5. The van der Waals surface area contributed by atoms with E-state index in [1.807, 2.05) is 73.5 Å². The van der Waals surface area contributed by atoms with Crippen molar-refractivity contribution in [3.05, 3.63) is 71.3 Å². The number of ether oxygens (including phenoxy) is 1. The van der Waals surface area contributed by atoms with Gasteiger partial charge in [-0.15, -0.1) is 0 Å². The number of aryl methyl sites for hydroxylation is 1. The minimum Gasteiger partial charge on any atom is -0.359 e. The van der Waals surface area contributed by atoms with Crippen molar-refractivity contribution in [2.24, 2.45) is 0 Å². The summed E-state index contributed by atoms with van der Waals surface area (Å²) in [7, 11) is 3.89. The molecule has 6 heteroatoms. The molecule has 2 aromatic carbocycles. The maximum atomic E-state index is 13.2. The lowest BCUT2D eigenvalue weighted by atomic mass is 9.88. The number of morpholine rings is 1. The average molecular weight is 450 g/mol. The summed E-state index contributed by atoms with van der Waals surface area (Å²) in [4.78, 5) is 32.0. The minimum absolute atomic E-state index is 0.0165. The number of hydrogen-bond acceptors (Lipinski definition) is 4. The van der Waals surface area contributed by atoms with Crippen molar-refractivity contribution in [1.29, 1.82) is 0 Å². The summed E-state index contributed by atoms with van der Waals surface area (Å²) in [6.45, 7) is 5.33. The smallest absolute Gasteiger partial charge is 0.253 e. The molecule has 2 heterocycles. The predicted octanol–water partition coefficient (Wildman–Crippen LogP) is 2.89. The highest BCUT2D eigenvalue weighted by atomic mass is 16.5. The fraction of sp³-hybridized carbons (Fsp3) is 0.481. The van der Waals surface area contributed by atoms with Crippen molar-refractivity contribution < 1.29 is 14.3 Å². The normalized spacial score (nSPS) is 20.6. The molecular weight excluding hydrogens is 414 g/mol. The van der Waals surface area contributed by atoms with Crippen LogP contribution in [0, 0.1) is 6.92 Å². The third-order valence-electron chi connectivity index (χ3n) is 6.97. The van der Waals surface area contributed by atoms with Gasteiger partial charge in [0.15, 0.2) is 0 Å². The molecule has 6 nitrogen and oxygen atoms in total. The van der Waals surface area contributed by atoms with Gasteiger partial charge in [-0.2, -0.15) is 0 Å². The van der Waals surface area contributed by atoms with E-state index in [2.05, 4.69) is 11.9 Å². The molecule has 0 bridgehead atoms. The molecule has 0 saturated carbocycles. The van der Waals surface area contributed by atoms with Crippen LogP contribution in [0.1, 0.15) is 29.5 Å². The number of carbonyl (C=O) groups is 2. The summed E-state index contributed by atoms with van der Waals surface area (Å²) in [6, 6.07) is 18.1. The van der Waals surface area contributed by atoms with Crippen LogP contribution in [0.3, 0.4) is 0 Å². The van der Waals surface area contributed by atoms with Crippen molar-refractivity contribution >= 4 is 11.8 Å². The molecule has 0 radical (unpaired) electrons. The number of benzene rings is 2. The molecule has 1 unspecified atom stereocenters. The molecule has 0 aliphatic carbocycles. The van der Waals surface area contributed by atoms with Crippen molar-refractivity contribution in [2.45, 2.75) is 44.4 Å². The van der Waals surface area contributed by atoms with Crippen LogP contribution >= 0.6 is 0 Å². The van der Waals surface area contributed by atoms with Gasteiger partial charge in [-0.1, -0.05) is 54.6 Å². The van der Waals surface area contributed by atoms with Crippen molar-refractivity contribution in [3.8, 4) is 0 Å². The molecule has 2 aliphatic rings. The number of likely N-dealkylation sites (tertiary alicyclic amines) is 1. The zero-order chi connectivity index (χ0) is 23.4. The number of hydrogen-bond donors (Lipinski definition) is 0. The van der Waals surface area contributed by atoms with Gasteiger partial charge in [-0.05, 0) is 43.5 Å². The first-order chi connectivity index (χ1) is 15.8. The van der Waals surface area contributed by atoms with E-state index in [1.54, 1.807) is 4.90 Å². The molecule has 0 aromatic heterocycles. The molecule has 1 atom stereocenters. The van der Waals surface area contributed by atoms with E-state index >= 15 is 0 Å². The maximum absolute atomic E-state index is 13.2. The SMILES string of the molecule is Cc1ccccc1CC(=O)N1CCC2(CC1)CN(C)CC(C(=O)N(C)Cc1ccccc1)O2. The molecule has 2 saturated heterocycles. The lowest BCUT2D eigenvalue weighted by Gasteiger charge is -2.49. The fourth-order valence-corrected chi connectivity index (χ4v) is 5.05. The largest absolute Gasteiger partial charge is 0.359 e. The van der Waals surface area contributed by atoms with Gasteiger partial charge in [0.2, 0.25) is 5.91 Å². The Balaban J connectivity index is 1.35. The van der Waals surface area contributed by atoms with E-state index in [4.69, 9.17) is 4.74 Å². The summed E-state index contributed by atoms with van der Waals surface area (Å²) in [5.41, 5.74) is 2.97. The predicted molar refractivity (Wildman–Crippen MR) is 129 cm³/mol. The van der Waals surface area contributed by atoms with Gasteiger partial charge in [0.05, 0.1) is 12.0 Å².